The van der Waals surface area contributed by atoms with E-state index in [2.05, 4.69) is 215 Å². The van der Waals surface area contributed by atoms with Gasteiger partial charge in [0.2, 0.25) is 0 Å². The highest BCUT2D eigenvalue weighted by Gasteiger charge is 2.20. The molecule has 0 N–H and O–H groups in total. The van der Waals surface area contributed by atoms with Crippen LogP contribution in [0.2, 0.25) is 0 Å². The summed E-state index contributed by atoms with van der Waals surface area (Å²) in [4.78, 5) is 0. The van der Waals surface area contributed by atoms with Crippen molar-refractivity contribution >= 4 is 75.1 Å². The molecule has 0 saturated heterocycles. The third kappa shape index (κ3) is 5.03. The Labute approximate surface area is 333 Å². The SMILES string of the molecule is c1ccc(-c2ccc3sc4ccc(-c5cccc6c7ccccc7n(-c7ccc8c(c7)c7cc(-c9ccccc9)ccc7n8-c7ccccc7)c56)cc4c3c2)cc1. The van der Waals surface area contributed by atoms with Crippen LogP contribution >= 0.6 is 11.3 Å². The van der Waals surface area contributed by atoms with Crippen LogP contribution in [-0.4, -0.2) is 9.13 Å². The molecule has 0 aliphatic carbocycles. The summed E-state index contributed by atoms with van der Waals surface area (Å²) in [6.07, 6.45) is 0. The van der Waals surface area contributed by atoms with Gasteiger partial charge in [0.25, 0.3) is 0 Å². The summed E-state index contributed by atoms with van der Waals surface area (Å²) in [5.41, 5.74) is 14.5. The quantitative estimate of drug-likeness (QED) is 0.166. The van der Waals surface area contributed by atoms with Crippen molar-refractivity contribution in [1.82, 2.24) is 9.13 Å². The van der Waals surface area contributed by atoms with Crippen LogP contribution < -0.4 is 0 Å². The highest BCUT2D eigenvalue weighted by Crippen LogP contribution is 2.43. The number of para-hydroxylation sites is 3. The summed E-state index contributed by atoms with van der Waals surface area (Å²) < 4.78 is 7.52. The summed E-state index contributed by atoms with van der Waals surface area (Å²) in [7, 11) is 0. The van der Waals surface area contributed by atoms with Crippen LogP contribution in [0.5, 0.6) is 0 Å². The van der Waals surface area contributed by atoms with Crippen LogP contribution in [0.25, 0.3) is 109 Å². The lowest BCUT2D eigenvalue weighted by atomic mass is 9.98. The van der Waals surface area contributed by atoms with Crippen LogP contribution in [0.3, 0.4) is 0 Å². The molecule has 2 nitrogen and oxygen atoms in total. The Balaban J connectivity index is 1.11. The van der Waals surface area contributed by atoms with Gasteiger partial charge in [-0.3, -0.25) is 0 Å². The number of nitrogens with zero attached hydrogens (tertiary/aromatic N) is 2. The Bertz CT molecular complexity index is 3500. The van der Waals surface area contributed by atoms with E-state index in [4.69, 9.17) is 0 Å². The van der Waals surface area contributed by atoms with Gasteiger partial charge in [0.15, 0.2) is 0 Å². The number of benzene rings is 9. The number of hydrogen-bond donors (Lipinski definition) is 0. The number of hydrogen-bond acceptors (Lipinski definition) is 1. The Kier molecular flexibility index (Phi) is 7.13. The van der Waals surface area contributed by atoms with Gasteiger partial charge in [-0.25, -0.2) is 0 Å². The number of aromatic nitrogens is 2. The molecule has 0 atom stereocenters. The molecule has 12 aromatic rings. The average molecular weight is 743 g/mol. The highest BCUT2D eigenvalue weighted by atomic mass is 32.1. The Morgan fingerprint density at radius 2 is 0.807 bits per heavy atom. The third-order valence-electron chi connectivity index (χ3n) is 11.7. The van der Waals surface area contributed by atoms with E-state index in [-0.39, 0.29) is 0 Å². The first-order valence-corrected chi connectivity index (χ1v) is 20.3. The van der Waals surface area contributed by atoms with Gasteiger partial charge in [0.1, 0.15) is 0 Å². The molecule has 3 heterocycles. The monoisotopic (exact) mass is 742 g/mol. The normalized spacial score (nSPS) is 11.9. The summed E-state index contributed by atoms with van der Waals surface area (Å²) in [5, 5.41) is 7.58. The van der Waals surface area contributed by atoms with Crippen LogP contribution in [0.15, 0.2) is 206 Å². The zero-order valence-electron chi connectivity index (χ0n) is 30.9. The molecule has 0 amide bonds. The van der Waals surface area contributed by atoms with Gasteiger partial charge in [0, 0.05) is 58.7 Å². The second-order valence-electron chi connectivity index (χ2n) is 14.9. The minimum atomic E-state index is 1.15. The van der Waals surface area contributed by atoms with Crippen molar-refractivity contribution in [1.29, 1.82) is 0 Å². The van der Waals surface area contributed by atoms with E-state index in [1.807, 2.05) is 11.3 Å². The fourth-order valence-corrected chi connectivity index (χ4v) is 10.2. The molecule has 3 heteroatoms. The van der Waals surface area contributed by atoms with Crippen molar-refractivity contribution in [2.75, 3.05) is 0 Å². The highest BCUT2D eigenvalue weighted by molar-refractivity contribution is 7.25. The minimum Gasteiger partial charge on any atom is -0.309 e. The summed E-state index contributed by atoms with van der Waals surface area (Å²) in [6, 6.07) is 75.7. The van der Waals surface area contributed by atoms with Crippen molar-refractivity contribution < 1.29 is 0 Å². The maximum absolute atomic E-state index is 2.50. The number of rotatable bonds is 5. The lowest BCUT2D eigenvalue weighted by molar-refractivity contribution is 1.17. The zero-order valence-corrected chi connectivity index (χ0v) is 31.7. The Morgan fingerprint density at radius 3 is 1.53 bits per heavy atom. The molecule has 0 fully saturated rings. The van der Waals surface area contributed by atoms with Crippen molar-refractivity contribution in [2.45, 2.75) is 0 Å². The number of fused-ring (bicyclic) bond motifs is 9. The summed E-state index contributed by atoms with van der Waals surface area (Å²) in [6.45, 7) is 0. The smallest absolute Gasteiger partial charge is 0.0619 e. The van der Waals surface area contributed by atoms with E-state index in [0.29, 0.717) is 0 Å². The fraction of sp³-hybridized carbons (Fsp3) is 0. The van der Waals surface area contributed by atoms with E-state index < -0.39 is 0 Å². The molecule has 0 spiro atoms. The van der Waals surface area contributed by atoms with Crippen LogP contribution in [0, 0.1) is 0 Å². The predicted octanol–water partition coefficient (Wildman–Crippen LogP) is 15.2. The van der Waals surface area contributed by atoms with Gasteiger partial charge in [-0.1, -0.05) is 133 Å². The summed E-state index contributed by atoms with van der Waals surface area (Å²) >= 11 is 1.87. The molecular formula is C54H34N2S. The van der Waals surface area contributed by atoms with E-state index in [1.54, 1.807) is 0 Å². The van der Waals surface area contributed by atoms with Gasteiger partial charge in [0.05, 0.1) is 22.1 Å². The predicted molar refractivity (Wildman–Crippen MR) is 244 cm³/mol. The molecule has 57 heavy (non-hydrogen) atoms. The standard InChI is InChI=1S/C54H34N2S/c1-4-13-35(14-5-1)37-23-27-50-45(31-37)46-34-41(26-28-51(46)55(50)40-17-8-3-9-18-40)56-49-22-11-10-19-43(49)44-21-12-20-42(54(44)56)39-25-30-53-48(33-39)47-32-38(24-29-52(47)57-53)36-15-6-2-7-16-36/h1-34H. The Hall–Kier alpha value is -7.20. The first kappa shape index (κ1) is 32.1. The molecular weight excluding hydrogens is 709 g/mol. The molecule has 12 rings (SSSR count). The molecule has 266 valence electrons. The van der Waals surface area contributed by atoms with Crippen molar-refractivity contribution in [3.63, 3.8) is 0 Å². The molecule has 0 aliphatic heterocycles. The van der Waals surface area contributed by atoms with Gasteiger partial charge in [-0.05, 0) is 101 Å². The van der Waals surface area contributed by atoms with Crippen molar-refractivity contribution in [2.24, 2.45) is 0 Å². The molecule has 9 aromatic carbocycles. The summed E-state index contributed by atoms with van der Waals surface area (Å²) in [5.74, 6) is 0. The van der Waals surface area contributed by atoms with E-state index >= 15 is 0 Å². The van der Waals surface area contributed by atoms with E-state index in [9.17, 15) is 0 Å². The topological polar surface area (TPSA) is 9.86 Å². The molecule has 3 aromatic heterocycles. The largest absolute Gasteiger partial charge is 0.309 e. The lowest BCUT2D eigenvalue weighted by Crippen LogP contribution is -1.96. The van der Waals surface area contributed by atoms with Gasteiger partial charge < -0.3 is 9.13 Å². The first-order valence-electron chi connectivity index (χ1n) is 19.5. The average Bonchev–Trinajstić information content (AvgIpc) is 3.94. The Morgan fingerprint density at radius 1 is 0.281 bits per heavy atom. The van der Waals surface area contributed by atoms with Gasteiger partial charge >= 0.3 is 0 Å². The van der Waals surface area contributed by atoms with Gasteiger partial charge in [-0.15, -0.1) is 11.3 Å². The van der Waals surface area contributed by atoms with Crippen LogP contribution in [-0.2, 0) is 0 Å². The molecule has 0 saturated carbocycles. The second-order valence-corrected chi connectivity index (χ2v) is 16.0. The third-order valence-corrected chi connectivity index (χ3v) is 12.9. The lowest BCUT2D eigenvalue weighted by Gasteiger charge is -2.13. The zero-order chi connectivity index (χ0) is 37.5. The fourth-order valence-electron chi connectivity index (χ4n) is 9.09. The number of thiophene rings is 1. The molecule has 0 bridgehead atoms. The maximum Gasteiger partial charge on any atom is 0.0619 e. The minimum absolute atomic E-state index is 1.15. The van der Waals surface area contributed by atoms with Crippen LogP contribution in [0.4, 0.5) is 0 Å². The van der Waals surface area contributed by atoms with Gasteiger partial charge in [-0.2, -0.15) is 0 Å². The van der Waals surface area contributed by atoms with Crippen molar-refractivity contribution in [3.8, 4) is 44.8 Å². The first-order chi connectivity index (χ1) is 28.3. The van der Waals surface area contributed by atoms with E-state index in [0.717, 1.165) is 11.4 Å². The molecule has 0 radical (unpaired) electrons. The second kappa shape index (κ2) is 12.7. The molecule has 0 unspecified atom stereocenters. The maximum atomic E-state index is 2.50. The van der Waals surface area contributed by atoms with Crippen LogP contribution in [0.1, 0.15) is 0 Å². The molecule has 0 aliphatic rings. The van der Waals surface area contributed by atoms with E-state index in [1.165, 1.54) is 97.2 Å². The van der Waals surface area contributed by atoms with Crippen molar-refractivity contribution in [3.05, 3.63) is 206 Å².